The normalized spacial score (nSPS) is 23.0. The van der Waals surface area contributed by atoms with Crippen molar-refractivity contribution < 1.29 is 14.0 Å². The molecule has 2 aliphatic heterocycles. The van der Waals surface area contributed by atoms with Crippen LogP contribution in [0.3, 0.4) is 0 Å². The van der Waals surface area contributed by atoms with Crippen molar-refractivity contribution in [3.8, 4) is 5.75 Å². The molecule has 6 heteroatoms. The molecule has 1 atom stereocenters. The van der Waals surface area contributed by atoms with E-state index in [2.05, 4.69) is 82.2 Å². The highest BCUT2D eigenvalue weighted by Crippen LogP contribution is 2.38. The van der Waals surface area contributed by atoms with Gasteiger partial charge in [0.25, 0.3) is 0 Å². The number of nitrogens with zero attached hydrogens (tertiary/aromatic N) is 1. The molecule has 2 aromatic rings. The van der Waals surface area contributed by atoms with E-state index in [4.69, 9.17) is 14.0 Å². The average molecular weight is 425 g/mol. The molecule has 1 fully saturated rings. The van der Waals surface area contributed by atoms with Gasteiger partial charge in [-0.15, -0.1) is 0 Å². The molecule has 30 heavy (non-hydrogen) atoms. The SMILES string of the molecule is CCC1CN(Cc2cc(B3OC(C)(C)C(C)(C)O3)ccc2C)Sc2ccccc2O1. The fourth-order valence-electron chi connectivity index (χ4n) is 3.73. The van der Waals surface area contributed by atoms with Crippen LogP contribution >= 0.6 is 11.9 Å². The summed E-state index contributed by atoms with van der Waals surface area (Å²) in [5.74, 6) is 0.986. The van der Waals surface area contributed by atoms with Gasteiger partial charge in [0.15, 0.2) is 0 Å². The first-order valence-corrected chi connectivity index (χ1v) is 11.6. The van der Waals surface area contributed by atoms with Crippen LogP contribution in [-0.4, -0.2) is 35.3 Å². The molecule has 0 N–H and O–H groups in total. The summed E-state index contributed by atoms with van der Waals surface area (Å²) in [6.07, 6.45) is 1.17. The van der Waals surface area contributed by atoms with Crippen molar-refractivity contribution >= 4 is 24.5 Å². The van der Waals surface area contributed by atoms with Gasteiger partial charge in [-0.2, -0.15) is 0 Å². The number of ether oxygens (including phenoxy) is 1. The Morgan fingerprint density at radius 1 is 1.07 bits per heavy atom. The Morgan fingerprint density at radius 3 is 2.47 bits per heavy atom. The zero-order valence-corrected chi connectivity index (χ0v) is 19.7. The van der Waals surface area contributed by atoms with Crippen molar-refractivity contribution in [2.45, 2.75) is 76.7 Å². The maximum absolute atomic E-state index is 6.27. The van der Waals surface area contributed by atoms with E-state index in [1.807, 2.05) is 6.07 Å². The molecule has 4 rings (SSSR count). The van der Waals surface area contributed by atoms with Crippen LogP contribution in [0.4, 0.5) is 0 Å². The quantitative estimate of drug-likeness (QED) is 0.510. The van der Waals surface area contributed by atoms with Gasteiger partial charge in [0.05, 0.1) is 16.1 Å². The van der Waals surface area contributed by atoms with Gasteiger partial charge in [0.1, 0.15) is 11.9 Å². The van der Waals surface area contributed by atoms with Crippen LogP contribution in [0.1, 0.15) is 52.2 Å². The van der Waals surface area contributed by atoms with E-state index in [1.54, 1.807) is 11.9 Å². The van der Waals surface area contributed by atoms with Gasteiger partial charge in [-0.05, 0) is 81.7 Å². The molecule has 0 aliphatic carbocycles. The van der Waals surface area contributed by atoms with Crippen molar-refractivity contribution in [2.75, 3.05) is 6.54 Å². The zero-order chi connectivity index (χ0) is 21.5. The first-order valence-electron chi connectivity index (χ1n) is 10.8. The number of aryl methyl sites for hydroxylation is 1. The summed E-state index contributed by atoms with van der Waals surface area (Å²) in [5, 5.41) is 0. The van der Waals surface area contributed by atoms with E-state index in [0.717, 1.165) is 30.7 Å². The summed E-state index contributed by atoms with van der Waals surface area (Å²) >= 11 is 1.78. The second-order valence-corrected chi connectivity index (χ2v) is 10.4. The lowest BCUT2D eigenvalue weighted by molar-refractivity contribution is 0.00578. The Hall–Kier alpha value is -1.47. The molecular weight excluding hydrogens is 393 g/mol. The van der Waals surface area contributed by atoms with Crippen LogP contribution in [0.2, 0.25) is 0 Å². The summed E-state index contributed by atoms with van der Waals surface area (Å²) in [7, 11) is -0.335. The van der Waals surface area contributed by atoms with Crippen molar-refractivity contribution in [3.63, 3.8) is 0 Å². The lowest BCUT2D eigenvalue weighted by atomic mass is 9.78. The number of fused-ring (bicyclic) bond motifs is 1. The largest absolute Gasteiger partial charge is 0.494 e. The monoisotopic (exact) mass is 425 g/mol. The number of para-hydroxylation sites is 1. The van der Waals surface area contributed by atoms with Gasteiger partial charge in [0, 0.05) is 13.1 Å². The predicted octanol–water partition coefficient (Wildman–Crippen LogP) is 4.97. The molecule has 2 aliphatic rings. The lowest BCUT2D eigenvalue weighted by Crippen LogP contribution is -2.41. The minimum Gasteiger partial charge on any atom is -0.488 e. The van der Waals surface area contributed by atoms with Crippen molar-refractivity contribution in [1.82, 2.24) is 4.31 Å². The Bertz CT molecular complexity index is 901. The molecule has 2 aromatic carbocycles. The Morgan fingerprint density at radius 2 is 1.77 bits per heavy atom. The number of benzene rings is 2. The Balaban J connectivity index is 1.57. The fraction of sp³-hybridized carbons (Fsp3) is 0.500. The van der Waals surface area contributed by atoms with Crippen molar-refractivity contribution in [3.05, 3.63) is 53.6 Å². The second-order valence-electron chi connectivity index (χ2n) is 9.28. The molecule has 4 nitrogen and oxygen atoms in total. The standard InChI is InChI=1S/C24H32BNO3S/c1-7-20-16-26(30-22-11-9-8-10-21(22)27-20)15-18-14-19(13-12-17(18)2)25-28-23(3,4)24(5,6)29-25/h8-14,20H,7,15-16H2,1-6H3. The summed E-state index contributed by atoms with van der Waals surface area (Å²) in [6.45, 7) is 14.5. The zero-order valence-electron chi connectivity index (χ0n) is 18.9. The van der Waals surface area contributed by atoms with E-state index < -0.39 is 0 Å². The van der Waals surface area contributed by atoms with Gasteiger partial charge < -0.3 is 14.0 Å². The van der Waals surface area contributed by atoms with Crippen LogP contribution < -0.4 is 10.2 Å². The average Bonchev–Trinajstić information content (AvgIpc) is 2.82. The molecule has 160 valence electrons. The van der Waals surface area contributed by atoms with Crippen LogP contribution in [0.5, 0.6) is 5.75 Å². The third kappa shape index (κ3) is 4.29. The smallest absolute Gasteiger partial charge is 0.488 e. The predicted molar refractivity (Wildman–Crippen MR) is 124 cm³/mol. The third-order valence-corrected chi connectivity index (χ3v) is 7.55. The lowest BCUT2D eigenvalue weighted by Gasteiger charge is -2.32. The van der Waals surface area contributed by atoms with E-state index >= 15 is 0 Å². The second kappa shape index (κ2) is 8.23. The third-order valence-electron chi connectivity index (χ3n) is 6.48. The highest BCUT2D eigenvalue weighted by molar-refractivity contribution is 7.97. The van der Waals surface area contributed by atoms with E-state index in [1.165, 1.54) is 16.0 Å². The maximum Gasteiger partial charge on any atom is 0.494 e. The van der Waals surface area contributed by atoms with E-state index in [0.29, 0.717) is 0 Å². The number of hydrogen-bond acceptors (Lipinski definition) is 5. The van der Waals surface area contributed by atoms with Gasteiger partial charge in [0.2, 0.25) is 0 Å². The van der Waals surface area contributed by atoms with Gasteiger partial charge in [-0.25, -0.2) is 4.31 Å². The Labute approximate surface area is 185 Å². The van der Waals surface area contributed by atoms with Gasteiger partial charge in [-0.3, -0.25) is 0 Å². The number of hydrogen-bond donors (Lipinski definition) is 0. The van der Waals surface area contributed by atoms with Crippen molar-refractivity contribution in [2.24, 2.45) is 0 Å². The number of rotatable bonds is 4. The van der Waals surface area contributed by atoms with Crippen LogP contribution in [0.15, 0.2) is 47.4 Å². The first-order chi connectivity index (χ1) is 14.2. The van der Waals surface area contributed by atoms with E-state index in [9.17, 15) is 0 Å². The Kier molecular flexibility index (Phi) is 5.97. The first kappa shape index (κ1) is 21.8. The summed E-state index contributed by atoms with van der Waals surface area (Å²) in [4.78, 5) is 1.17. The van der Waals surface area contributed by atoms with Crippen LogP contribution in [-0.2, 0) is 15.9 Å². The van der Waals surface area contributed by atoms with Gasteiger partial charge >= 0.3 is 7.12 Å². The summed E-state index contributed by atoms with van der Waals surface area (Å²) < 4.78 is 21.2. The molecular formula is C24H32BNO3S. The molecule has 1 saturated heterocycles. The molecule has 2 heterocycles. The minimum absolute atomic E-state index is 0.188. The molecule has 1 unspecified atom stereocenters. The van der Waals surface area contributed by atoms with Crippen LogP contribution in [0, 0.1) is 6.92 Å². The molecule has 0 amide bonds. The van der Waals surface area contributed by atoms with Gasteiger partial charge in [-0.1, -0.05) is 37.3 Å². The molecule has 0 aromatic heterocycles. The molecule has 0 bridgehead atoms. The maximum atomic E-state index is 6.27. The molecule has 0 saturated carbocycles. The highest BCUT2D eigenvalue weighted by Gasteiger charge is 2.51. The molecule has 0 radical (unpaired) electrons. The molecule has 0 spiro atoms. The fourth-order valence-corrected chi connectivity index (χ4v) is 4.80. The minimum atomic E-state index is -0.335. The topological polar surface area (TPSA) is 30.9 Å². The van der Waals surface area contributed by atoms with Crippen LogP contribution in [0.25, 0.3) is 0 Å². The van der Waals surface area contributed by atoms with E-state index in [-0.39, 0.29) is 24.4 Å². The summed E-state index contributed by atoms with van der Waals surface area (Å²) in [5.41, 5.74) is 2.99. The summed E-state index contributed by atoms with van der Waals surface area (Å²) in [6, 6.07) is 14.9. The van der Waals surface area contributed by atoms with Crippen molar-refractivity contribution in [1.29, 1.82) is 0 Å². The highest BCUT2D eigenvalue weighted by atomic mass is 32.2.